The van der Waals surface area contributed by atoms with Gasteiger partial charge in [-0.3, -0.25) is 4.79 Å². The quantitative estimate of drug-likeness (QED) is 0.107. The van der Waals surface area contributed by atoms with E-state index >= 15 is 0 Å². The van der Waals surface area contributed by atoms with Gasteiger partial charge in [-0.2, -0.15) is 0 Å². The first-order chi connectivity index (χ1) is 20.5. The Morgan fingerprint density at radius 3 is 2.42 bits per heavy atom. The van der Waals surface area contributed by atoms with Gasteiger partial charge in [-0.05, 0) is 67.8 Å². The third-order valence-corrected chi connectivity index (χ3v) is 10.7. The summed E-state index contributed by atoms with van der Waals surface area (Å²) in [4.78, 5) is 24.4. The van der Waals surface area contributed by atoms with E-state index in [0.29, 0.717) is 5.92 Å². The first-order valence-corrected chi connectivity index (χ1v) is 16.4. The number of ketones is 1. The normalized spacial score (nSPS) is 39.2. The standard InChI is InChI=1S/C35H54O8/c1-19-9-8-10-25(30(19)23(5)32(38)31-28(37)18-41-35(31)39)16-26(17-36)34-21(3)12-14-27(42-34)13-11-20(2)33-22(4)15-29(43-33)24(6)40-7/h11,13,16,19-25,27,29-30,33-34,36,38H,8-10,12,14-15,17-18H2,1-7H3/b13-11+,26-16+,32-31?/t19-,20+,21-,22+,23+,24+,25-,27-,29-,30-,33+,34-/m1/s1. The number of hydrogen-bond donors (Lipinski definition) is 2. The summed E-state index contributed by atoms with van der Waals surface area (Å²) in [5, 5.41) is 21.6. The van der Waals surface area contributed by atoms with Crippen LogP contribution in [0.2, 0.25) is 0 Å². The van der Waals surface area contributed by atoms with E-state index in [9.17, 15) is 19.8 Å². The molecule has 2 N–H and O–H groups in total. The summed E-state index contributed by atoms with van der Waals surface area (Å²) in [6.45, 7) is 12.3. The number of esters is 1. The van der Waals surface area contributed by atoms with Gasteiger partial charge in [-0.1, -0.05) is 65.7 Å². The summed E-state index contributed by atoms with van der Waals surface area (Å²) in [5.41, 5.74) is 0.673. The lowest BCUT2D eigenvalue weighted by Gasteiger charge is -2.41. The van der Waals surface area contributed by atoms with E-state index in [-0.39, 0.29) is 84.7 Å². The van der Waals surface area contributed by atoms with Crippen LogP contribution in [0, 0.1) is 41.4 Å². The van der Waals surface area contributed by atoms with Gasteiger partial charge in [-0.25, -0.2) is 4.79 Å². The van der Waals surface area contributed by atoms with Crippen LogP contribution in [0.1, 0.15) is 80.1 Å². The molecule has 1 aliphatic carbocycles. The Bertz CT molecular complexity index is 1060. The van der Waals surface area contributed by atoms with E-state index in [0.717, 1.165) is 44.1 Å². The predicted molar refractivity (Wildman–Crippen MR) is 164 cm³/mol. The van der Waals surface area contributed by atoms with Crippen LogP contribution in [0.4, 0.5) is 0 Å². The number of carbonyl (C=O) groups is 2. The fraction of sp³-hybridized carbons (Fsp3) is 0.771. The highest BCUT2D eigenvalue weighted by atomic mass is 16.6. The van der Waals surface area contributed by atoms with Crippen molar-refractivity contribution in [2.45, 2.75) is 111 Å². The van der Waals surface area contributed by atoms with Crippen molar-refractivity contribution in [3.8, 4) is 0 Å². The number of carbonyl (C=O) groups excluding carboxylic acids is 2. The van der Waals surface area contributed by atoms with Gasteiger partial charge in [0.2, 0.25) is 5.78 Å². The van der Waals surface area contributed by atoms with Crippen molar-refractivity contribution in [3.05, 3.63) is 35.1 Å². The summed E-state index contributed by atoms with van der Waals surface area (Å²) in [6, 6.07) is 0. The van der Waals surface area contributed by atoms with Gasteiger partial charge in [0.25, 0.3) is 0 Å². The zero-order valence-corrected chi connectivity index (χ0v) is 27.2. The molecule has 3 saturated heterocycles. The highest BCUT2D eigenvalue weighted by Crippen LogP contribution is 2.44. The van der Waals surface area contributed by atoms with Gasteiger partial charge in [0, 0.05) is 18.9 Å². The number of Topliss-reactive ketones (excluding diaryl/α,β-unsaturated/α-hetero) is 1. The molecule has 0 unspecified atom stereocenters. The minimum Gasteiger partial charge on any atom is -0.511 e. The number of allylic oxidation sites excluding steroid dienone is 2. The Labute approximate surface area is 257 Å². The highest BCUT2D eigenvalue weighted by molar-refractivity contribution is 6.22. The molecule has 3 aliphatic heterocycles. The third-order valence-electron chi connectivity index (χ3n) is 10.7. The molecule has 0 spiro atoms. The van der Waals surface area contributed by atoms with Crippen molar-refractivity contribution in [2.24, 2.45) is 41.4 Å². The van der Waals surface area contributed by atoms with Crippen molar-refractivity contribution < 1.29 is 38.7 Å². The molecule has 1 saturated carbocycles. The maximum absolute atomic E-state index is 12.3. The maximum atomic E-state index is 12.3. The number of cyclic esters (lactones) is 1. The summed E-state index contributed by atoms with van der Waals surface area (Å²) >= 11 is 0. The summed E-state index contributed by atoms with van der Waals surface area (Å²) in [5.74, 6) is -0.447. The average Bonchev–Trinajstić information content (AvgIpc) is 3.55. The zero-order chi connectivity index (χ0) is 31.4. The number of hydrogen-bond acceptors (Lipinski definition) is 8. The number of ether oxygens (including phenoxy) is 4. The molecule has 0 aromatic carbocycles. The zero-order valence-electron chi connectivity index (χ0n) is 27.2. The fourth-order valence-corrected chi connectivity index (χ4v) is 8.06. The second-order valence-electron chi connectivity index (χ2n) is 13.8. The molecule has 0 radical (unpaired) electrons. The maximum Gasteiger partial charge on any atom is 0.345 e. The molecule has 43 heavy (non-hydrogen) atoms. The second kappa shape index (κ2) is 14.9. The van der Waals surface area contributed by atoms with E-state index in [4.69, 9.17) is 18.9 Å². The smallest absolute Gasteiger partial charge is 0.345 e. The number of aliphatic hydroxyl groups excluding tert-OH is 2. The van der Waals surface area contributed by atoms with Gasteiger partial charge < -0.3 is 29.2 Å². The van der Waals surface area contributed by atoms with Crippen molar-refractivity contribution in [1.29, 1.82) is 0 Å². The largest absolute Gasteiger partial charge is 0.511 e. The van der Waals surface area contributed by atoms with E-state index in [1.807, 2.05) is 6.92 Å². The highest BCUT2D eigenvalue weighted by Gasteiger charge is 2.41. The monoisotopic (exact) mass is 602 g/mol. The Hall–Kier alpha value is -2.00. The van der Waals surface area contributed by atoms with E-state index in [1.54, 1.807) is 7.11 Å². The molecule has 8 nitrogen and oxygen atoms in total. The molecule has 12 atom stereocenters. The van der Waals surface area contributed by atoms with Crippen molar-refractivity contribution in [1.82, 2.24) is 0 Å². The average molecular weight is 603 g/mol. The van der Waals surface area contributed by atoms with Gasteiger partial charge in [-0.15, -0.1) is 0 Å². The number of rotatable bonds is 10. The first-order valence-electron chi connectivity index (χ1n) is 16.4. The topological polar surface area (TPSA) is 112 Å². The first kappa shape index (κ1) is 33.9. The molecule has 4 rings (SSSR count). The van der Waals surface area contributed by atoms with Crippen LogP contribution >= 0.6 is 0 Å². The SMILES string of the molecule is CO[C@@H](C)[C@H]1C[C@H](C)[C@H]([C@@H](C)/C=C/[C@@H]2CC[C@@H](C)[C@H](/C(=C/[C@H]3CCC[C@@H](C)[C@@H]3[C@H](C)C(O)=C3C(=O)COC3=O)CO)O2)O1. The minimum atomic E-state index is -0.739. The number of aliphatic hydroxyl groups is 2. The van der Waals surface area contributed by atoms with E-state index < -0.39 is 17.7 Å². The second-order valence-corrected chi connectivity index (χ2v) is 13.8. The van der Waals surface area contributed by atoms with Crippen LogP contribution in [-0.2, 0) is 28.5 Å². The van der Waals surface area contributed by atoms with Gasteiger partial charge in [0.05, 0.1) is 37.1 Å². The molecule has 0 amide bonds. The van der Waals surface area contributed by atoms with Crippen LogP contribution in [0.5, 0.6) is 0 Å². The van der Waals surface area contributed by atoms with Crippen LogP contribution in [-0.4, -0.2) is 72.8 Å². The van der Waals surface area contributed by atoms with Gasteiger partial charge >= 0.3 is 5.97 Å². The Balaban J connectivity index is 1.48. The Kier molecular flexibility index (Phi) is 11.7. The molecule has 4 fully saturated rings. The lowest BCUT2D eigenvalue weighted by atomic mass is 9.66. The fourth-order valence-electron chi connectivity index (χ4n) is 8.06. The minimum absolute atomic E-state index is 0.0116. The molecule has 0 aromatic rings. The summed E-state index contributed by atoms with van der Waals surface area (Å²) in [7, 11) is 1.73. The van der Waals surface area contributed by atoms with E-state index in [2.05, 4.69) is 52.8 Å². The van der Waals surface area contributed by atoms with Gasteiger partial charge in [0.15, 0.2) is 6.61 Å². The van der Waals surface area contributed by atoms with Crippen LogP contribution < -0.4 is 0 Å². The van der Waals surface area contributed by atoms with Crippen molar-refractivity contribution in [2.75, 3.05) is 20.3 Å². The Morgan fingerprint density at radius 1 is 1.02 bits per heavy atom. The molecular formula is C35H54O8. The molecular weight excluding hydrogens is 548 g/mol. The lowest BCUT2D eigenvalue weighted by molar-refractivity contribution is -0.135. The number of methoxy groups -OCH3 is 1. The molecule has 0 bridgehead atoms. The Morgan fingerprint density at radius 2 is 1.77 bits per heavy atom. The summed E-state index contributed by atoms with van der Waals surface area (Å²) < 4.78 is 23.4. The van der Waals surface area contributed by atoms with Crippen molar-refractivity contribution >= 4 is 11.8 Å². The van der Waals surface area contributed by atoms with Crippen LogP contribution in [0.3, 0.4) is 0 Å². The summed E-state index contributed by atoms with van der Waals surface area (Å²) in [6.07, 6.45) is 12.5. The van der Waals surface area contributed by atoms with Gasteiger partial charge in [0.1, 0.15) is 11.3 Å². The van der Waals surface area contributed by atoms with Crippen molar-refractivity contribution in [3.63, 3.8) is 0 Å². The molecule has 4 aliphatic rings. The molecule has 242 valence electrons. The van der Waals surface area contributed by atoms with E-state index in [1.165, 1.54) is 0 Å². The molecule has 0 aromatic heterocycles. The lowest BCUT2D eigenvalue weighted by Crippen LogP contribution is -2.37. The van der Waals surface area contributed by atoms with Crippen LogP contribution in [0.15, 0.2) is 35.1 Å². The molecule has 3 heterocycles. The van der Waals surface area contributed by atoms with Crippen LogP contribution in [0.25, 0.3) is 0 Å². The molecule has 8 heteroatoms. The third kappa shape index (κ3) is 7.63. The predicted octanol–water partition coefficient (Wildman–Crippen LogP) is 5.74.